The molecule has 4 heteroatoms. The predicted molar refractivity (Wildman–Crippen MR) is 208 cm³/mol. The fourth-order valence-electron chi connectivity index (χ4n) is 8.09. The molecule has 10 rings (SSSR count). The zero-order valence-electron chi connectivity index (χ0n) is 27.3. The van der Waals surface area contributed by atoms with E-state index in [1.165, 1.54) is 32.3 Å². The molecular weight excluding hydrogens is 611 g/mol. The molecule has 0 unspecified atom stereocenters. The molecule has 0 N–H and O–H groups in total. The highest BCUT2D eigenvalue weighted by Crippen LogP contribution is 2.37. The summed E-state index contributed by atoms with van der Waals surface area (Å²) in [6.07, 6.45) is 0. The summed E-state index contributed by atoms with van der Waals surface area (Å²) in [6, 6.07) is 54.2. The molecule has 0 amide bonds. The minimum atomic E-state index is -1.84. The molecule has 0 saturated carbocycles. The van der Waals surface area contributed by atoms with Crippen LogP contribution in [0.25, 0.3) is 88.4 Å². The Morgan fingerprint density at radius 3 is 1.69 bits per heavy atom. The first-order valence-corrected chi connectivity index (χ1v) is 19.9. The Morgan fingerprint density at radius 1 is 0.388 bits per heavy atom. The fourth-order valence-corrected chi connectivity index (χ4v) is 11.5. The number of hydrogen-bond donors (Lipinski definition) is 0. The SMILES string of the molecule is C[Si]1(C)c2ccccc2-c2ccc3nc(-c4cccc5c(-c6ccc7ccc8ccc(-c9ccccc9)nc8c7n6)cccc45)ccc3c21. The van der Waals surface area contributed by atoms with Gasteiger partial charge in [0.1, 0.15) is 8.07 Å². The van der Waals surface area contributed by atoms with E-state index in [0.29, 0.717) is 0 Å². The molecule has 0 atom stereocenters. The van der Waals surface area contributed by atoms with Crippen molar-refractivity contribution in [1.29, 1.82) is 0 Å². The van der Waals surface area contributed by atoms with Gasteiger partial charge >= 0.3 is 0 Å². The second-order valence-electron chi connectivity index (χ2n) is 13.6. The summed E-state index contributed by atoms with van der Waals surface area (Å²) in [4.78, 5) is 15.7. The van der Waals surface area contributed by atoms with E-state index in [9.17, 15) is 0 Å². The van der Waals surface area contributed by atoms with Crippen molar-refractivity contribution in [3.8, 4) is 44.9 Å². The van der Waals surface area contributed by atoms with Gasteiger partial charge in [0, 0.05) is 32.8 Å². The molecule has 3 nitrogen and oxygen atoms in total. The maximum absolute atomic E-state index is 5.31. The number of fused-ring (bicyclic) bond motifs is 9. The Morgan fingerprint density at radius 2 is 0.959 bits per heavy atom. The second kappa shape index (κ2) is 10.5. The number of hydrogen-bond acceptors (Lipinski definition) is 3. The van der Waals surface area contributed by atoms with Gasteiger partial charge in [-0.15, -0.1) is 0 Å². The van der Waals surface area contributed by atoms with Gasteiger partial charge in [0.2, 0.25) is 0 Å². The van der Waals surface area contributed by atoms with Crippen molar-refractivity contribution in [1.82, 2.24) is 15.0 Å². The lowest BCUT2D eigenvalue weighted by Gasteiger charge is -2.20. The van der Waals surface area contributed by atoms with Crippen LogP contribution in [0.2, 0.25) is 13.1 Å². The van der Waals surface area contributed by atoms with E-state index >= 15 is 0 Å². The second-order valence-corrected chi connectivity index (χ2v) is 17.9. The summed E-state index contributed by atoms with van der Waals surface area (Å²) in [6.45, 7) is 4.94. The first kappa shape index (κ1) is 28.1. The molecular formula is C45H31N3Si. The van der Waals surface area contributed by atoms with E-state index in [-0.39, 0.29) is 0 Å². The zero-order chi connectivity index (χ0) is 32.7. The highest BCUT2D eigenvalue weighted by Gasteiger charge is 2.38. The van der Waals surface area contributed by atoms with Crippen LogP contribution < -0.4 is 10.4 Å². The molecule has 230 valence electrons. The van der Waals surface area contributed by atoms with E-state index in [1.54, 1.807) is 0 Å². The van der Waals surface area contributed by atoms with E-state index in [1.807, 2.05) is 6.07 Å². The molecule has 0 fully saturated rings. The highest BCUT2D eigenvalue weighted by atomic mass is 28.3. The van der Waals surface area contributed by atoms with Crippen molar-refractivity contribution in [3.63, 3.8) is 0 Å². The summed E-state index contributed by atoms with van der Waals surface area (Å²) in [5, 5.41) is 8.80. The lowest BCUT2D eigenvalue weighted by atomic mass is 9.95. The molecule has 1 aliphatic rings. The number of nitrogens with zero attached hydrogens (tertiary/aromatic N) is 3. The van der Waals surface area contributed by atoms with Crippen molar-refractivity contribution in [2.24, 2.45) is 0 Å². The molecule has 0 saturated heterocycles. The maximum Gasteiger partial charge on any atom is 0.114 e. The monoisotopic (exact) mass is 641 g/mol. The number of benzene rings is 6. The van der Waals surface area contributed by atoms with Crippen LogP contribution in [0.15, 0.2) is 152 Å². The van der Waals surface area contributed by atoms with Crippen molar-refractivity contribution in [2.45, 2.75) is 13.1 Å². The van der Waals surface area contributed by atoms with Gasteiger partial charge in [-0.2, -0.15) is 0 Å². The zero-order valence-corrected chi connectivity index (χ0v) is 28.3. The standard InChI is InChI=1S/C45H31N3Si/c1-49(2)42-17-7-6-12-35(42)36-22-26-41-37(45(36)49)23-27-39(46-41)33-15-8-14-32-31(33)13-9-16-34(32)40-25-21-30-19-18-29-20-24-38(28-10-4-3-5-11-28)47-43(29)44(30)48-40/h3-27H,1-2H3. The molecule has 49 heavy (non-hydrogen) atoms. The molecule has 0 aliphatic carbocycles. The van der Waals surface area contributed by atoms with Crippen LogP contribution >= 0.6 is 0 Å². The molecule has 0 bridgehead atoms. The lowest BCUT2D eigenvalue weighted by molar-refractivity contribution is 1.37. The lowest BCUT2D eigenvalue weighted by Crippen LogP contribution is -2.49. The molecule has 1 aliphatic heterocycles. The van der Waals surface area contributed by atoms with Gasteiger partial charge in [-0.05, 0) is 56.5 Å². The molecule has 0 spiro atoms. The van der Waals surface area contributed by atoms with Gasteiger partial charge in [-0.3, -0.25) is 0 Å². The van der Waals surface area contributed by atoms with Crippen LogP contribution in [0, 0.1) is 0 Å². The molecule has 9 aromatic rings. The van der Waals surface area contributed by atoms with Gasteiger partial charge in [-0.1, -0.05) is 140 Å². The Bertz CT molecular complexity index is 2800. The Kier molecular flexibility index (Phi) is 6.02. The summed E-state index contributed by atoms with van der Waals surface area (Å²) in [7, 11) is -1.84. The van der Waals surface area contributed by atoms with Crippen LogP contribution in [-0.4, -0.2) is 23.0 Å². The Hall–Kier alpha value is -5.97. The van der Waals surface area contributed by atoms with Crippen molar-refractivity contribution >= 4 is 61.9 Å². The first-order chi connectivity index (χ1) is 24.0. The summed E-state index contributed by atoms with van der Waals surface area (Å²) >= 11 is 0. The van der Waals surface area contributed by atoms with Gasteiger partial charge in [0.15, 0.2) is 0 Å². The average Bonchev–Trinajstić information content (AvgIpc) is 3.40. The largest absolute Gasteiger partial charge is 0.248 e. The van der Waals surface area contributed by atoms with Gasteiger partial charge in [-0.25, -0.2) is 15.0 Å². The van der Waals surface area contributed by atoms with E-state index < -0.39 is 8.07 Å². The van der Waals surface area contributed by atoms with Crippen LogP contribution in [0.1, 0.15) is 0 Å². The summed E-state index contributed by atoms with van der Waals surface area (Å²) < 4.78 is 0. The van der Waals surface area contributed by atoms with Crippen molar-refractivity contribution in [3.05, 3.63) is 152 Å². The number of pyridine rings is 3. The smallest absolute Gasteiger partial charge is 0.114 e. The molecule has 3 aromatic heterocycles. The van der Waals surface area contributed by atoms with Gasteiger partial charge in [0.05, 0.1) is 33.6 Å². The third kappa shape index (κ3) is 4.24. The minimum absolute atomic E-state index is 0.915. The topological polar surface area (TPSA) is 38.7 Å². The molecule has 6 aromatic carbocycles. The molecule has 0 radical (unpaired) electrons. The highest BCUT2D eigenvalue weighted by molar-refractivity contribution is 7.05. The average molecular weight is 642 g/mol. The summed E-state index contributed by atoms with van der Waals surface area (Å²) in [5.74, 6) is 0. The first-order valence-electron chi connectivity index (χ1n) is 16.9. The van der Waals surface area contributed by atoms with E-state index in [4.69, 9.17) is 15.0 Å². The van der Waals surface area contributed by atoms with Crippen LogP contribution in [0.3, 0.4) is 0 Å². The third-order valence-corrected chi connectivity index (χ3v) is 14.0. The number of aromatic nitrogens is 3. The fraction of sp³-hybridized carbons (Fsp3) is 0.0444. The van der Waals surface area contributed by atoms with Crippen molar-refractivity contribution < 1.29 is 0 Å². The minimum Gasteiger partial charge on any atom is -0.248 e. The van der Waals surface area contributed by atoms with E-state index in [2.05, 4.69) is 159 Å². The number of rotatable bonds is 3. The maximum atomic E-state index is 5.31. The van der Waals surface area contributed by atoms with Crippen molar-refractivity contribution in [2.75, 3.05) is 0 Å². The molecule has 4 heterocycles. The Balaban J connectivity index is 1.11. The normalized spacial score (nSPS) is 13.3. The summed E-state index contributed by atoms with van der Waals surface area (Å²) in [5.41, 5.74) is 11.9. The van der Waals surface area contributed by atoms with Gasteiger partial charge in [0.25, 0.3) is 0 Å². The van der Waals surface area contributed by atoms with Crippen LogP contribution in [-0.2, 0) is 0 Å². The third-order valence-electron chi connectivity index (χ3n) is 10.5. The predicted octanol–water partition coefficient (Wildman–Crippen LogP) is 10.3. The van der Waals surface area contributed by atoms with Crippen LogP contribution in [0.4, 0.5) is 0 Å². The Labute approximate surface area is 285 Å². The van der Waals surface area contributed by atoms with Gasteiger partial charge < -0.3 is 0 Å². The van der Waals surface area contributed by atoms with Crippen LogP contribution in [0.5, 0.6) is 0 Å². The van der Waals surface area contributed by atoms with E-state index in [0.717, 1.165) is 66.5 Å². The quantitative estimate of drug-likeness (QED) is 0.142.